The lowest BCUT2D eigenvalue weighted by atomic mass is 10.2. The van der Waals surface area contributed by atoms with Crippen molar-refractivity contribution in [2.75, 3.05) is 11.9 Å². The van der Waals surface area contributed by atoms with E-state index >= 15 is 0 Å². The van der Waals surface area contributed by atoms with Crippen LogP contribution in [-0.2, 0) is 10.0 Å². The number of nitrogens with two attached hydrogens (primary N) is 1. The van der Waals surface area contributed by atoms with Crippen molar-refractivity contribution in [3.05, 3.63) is 58.6 Å². The second-order valence-electron chi connectivity index (χ2n) is 5.41. The van der Waals surface area contributed by atoms with Gasteiger partial charge in [0.25, 0.3) is 5.69 Å². The number of thioether (sulfide) groups is 1. The number of nitrogens with one attached hydrogen (secondary N) is 1. The number of benzene rings is 2. The van der Waals surface area contributed by atoms with Crippen LogP contribution in [0, 0.1) is 10.1 Å². The molecule has 0 aromatic heterocycles. The molecular formula is C16H19N3O4S2. The molecule has 7 nitrogen and oxygen atoms in total. The first kappa shape index (κ1) is 19.2. The van der Waals surface area contributed by atoms with E-state index in [0.29, 0.717) is 13.0 Å². The maximum absolute atomic E-state index is 11.7. The average Bonchev–Trinajstić information content (AvgIpc) is 2.54. The number of primary sulfonamides is 1. The molecule has 25 heavy (non-hydrogen) atoms. The van der Waals surface area contributed by atoms with E-state index in [1.807, 2.05) is 37.3 Å². The summed E-state index contributed by atoms with van der Waals surface area (Å²) < 4.78 is 23.4. The number of nitrogens with zero attached hydrogens (tertiary/aromatic N) is 1. The molecule has 1 atom stereocenters. The smallest absolute Gasteiger partial charge is 0.293 e. The van der Waals surface area contributed by atoms with Crippen molar-refractivity contribution in [1.82, 2.24) is 0 Å². The molecule has 0 fully saturated rings. The minimum absolute atomic E-state index is 0.0630. The van der Waals surface area contributed by atoms with Crippen molar-refractivity contribution in [1.29, 1.82) is 0 Å². The predicted molar refractivity (Wildman–Crippen MR) is 99.3 cm³/mol. The van der Waals surface area contributed by atoms with Gasteiger partial charge in [-0.25, -0.2) is 13.6 Å². The van der Waals surface area contributed by atoms with Crippen LogP contribution in [0.25, 0.3) is 0 Å². The van der Waals surface area contributed by atoms with Crippen molar-refractivity contribution in [3.63, 3.8) is 0 Å². The number of anilines is 1. The van der Waals surface area contributed by atoms with Crippen LogP contribution in [0.4, 0.5) is 11.4 Å². The zero-order valence-corrected chi connectivity index (χ0v) is 15.2. The van der Waals surface area contributed by atoms with Crippen LogP contribution < -0.4 is 10.5 Å². The summed E-state index contributed by atoms with van der Waals surface area (Å²) in [7, 11) is -4.06. The minimum Gasteiger partial charge on any atom is -0.378 e. The number of sulfonamides is 1. The third-order valence-corrected chi connectivity index (χ3v) is 5.58. The van der Waals surface area contributed by atoms with E-state index in [-0.39, 0.29) is 21.5 Å². The van der Waals surface area contributed by atoms with E-state index in [4.69, 9.17) is 5.14 Å². The third-order valence-electron chi connectivity index (χ3n) is 3.44. The summed E-state index contributed by atoms with van der Waals surface area (Å²) in [5.74, 6) is 0. The molecule has 0 aliphatic rings. The summed E-state index contributed by atoms with van der Waals surface area (Å²) in [6.07, 6.45) is 0.690. The first-order valence-electron chi connectivity index (χ1n) is 7.55. The normalized spacial score (nSPS) is 12.6. The zero-order chi connectivity index (χ0) is 18.4. The van der Waals surface area contributed by atoms with Crippen LogP contribution >= 0.6 is 11.8 Å². The van der Waals surface area contributed by atoms with E-state index in [9.17, 15) is 18.5 Å². The molecule has 0 heterocycles. The maximum atomic E-state index is 11.7. The quantitative estimate of drug-likeness (QED) is 0.412. The van der Waals surface area contributed by atoms with E-state index in [2.05, 4.69) is 5.32 Å². The van der Waals surface area contributed by atoms with E-state index in [1.165, 1.54) is 18.2 Å². The van der Waals surface area contributed by atoms with Crippen LogP contribution in [0.1, 0.15) is 13.3 Å². The fourth-order valence-corrected chi connectivity index (χ4v) is 4.02. The Bertz CT molecular complexity index is 842. The number of nitro groups is 1. The monoisotopic (exact) mass is 381 g/mol. The Morgan fingerprint density at radius 1 is 1.20 bits per heavy atom. The van der Waals surface area contributed by atoms with Gasteiger partial charge in [0.15, 0.2) is 0 Å². The number of hydrogen-bond donors (Lipinski definition) is 2. The lowest BCUT2D eigenvalue weighted by Gasteiger charge is -2.14. The van der Waals surface area contributed by atoms with Gasteiger partial charge >= 0.3 is 0 Å². The Morgan fingerprint density at radius 2 is 1.88 bits per heavy atom. The molecule has 0 aliphatic heterocycles. The van der Waals surface area contributed by atoms with Crippen LogP contribution in [0.2, 0.25) is 0 Å². The number of hydrogen-bond acceptors (Lipinski definition) is 6. The molecule has 0 amide bonds. The SMILES string of the molecule is CC(CCNc1c([N+](=O)[O-])cccc1S(N)(=O)=O)Sc1ccccc1. The van der Waals surface area contributed by atoms with Gasteiger partial charge in [-0.1, -0.05) is 31.2 Å². The van der Waals surface area contributed by atoms with Gasteiger partial charge in [0, 0.05) is 22.8 Å². The van der Waals surface area contributed by atoms with Gasteiger partial charge < -0.3 is 5.32 Å². The lowest BCUT2D eigenvalue weighted by molar-refractivity contribution is -0.384. The summed E-state index contributed by atoms with van der Waals surface area (Å²) in [4.78, 5) is 11.4. The highest BCUT2D eigenvalue weighted by molar-refractivity contribution is 7.99. The number of nitro benzene ring substituents is 1. The van der Waals surface area contributed by atoms with Gasteiger partial charge in [-0.15, -0.1) is 11.8 Å². The predicted octanol–water partition coefficient (Wildman–Crippen LogP) is 3.23. The molecule has 134 valence electrons. The molecule has 0 spiro atoms. The molecule has 2 aromatic rings. The van der Waals surface area contributed by atoms with Gasteiger partial charge in [0.05, 0.1) is 4.92 Å². The van der Waals surface area contributed by atoms with Gasteiger partial charge in [0.2, 0.25) is 10.0 Å². The Kier molecular flexibility index (Phi) is 6.40. The van der Waals surface area contributed by atoms with Crippen molar-refractivity contribution < 1.29 is 13.3 Å². The van der Waals surface area contributed by atoms with E-state index in [1.54, 1.807) is 11.8 Å². The largest absolute Gasteiger partial charge is 0.378 e. The van der Waals surface area contributed by atoms with Crippen molar-refractivity contribution in [3.8, 4) is 0 Å². The van der Waals surface area contributed by atoms with Crippen LogP contribution in [0.5, 0.6) is 0 Å². The van der Waals surface area contributed by atoms with Gasteiger partial charge in [-0.05, 0) is 24.6 Å². The van der Waals surface area contributed by atoms with Crippen molar-refractivity contribution in [2.24, 2.45) is 5.14 Å². The zero-order valence-electron chi connectivity index (χ0n) is 13.6. The maximum Gasteiger partial charge on any atom is 0.293 e. The Morgan fingerprint density at radius 3 is 2.48 bits per heavy atom. The highest BCUT2D eigenvalue weighted by Crippen LogP contribution is 2.31. The molecule has 0 aliphatic carbocycles. The molecule has 0 saturated heterocycles. The third kappa shape index (κ3) is 5.45. The summed E-state index contributed by atoms with van der Waals surface area (Å²) in [6, 6.07) is 13.7. The standard InChI is InChI=1S/C16H19N3O4S2/c1-12(24-13-6-3-2-4-7-13)10-11-18-16-14(19(20)21)8-5-9-15(16)25(17,22)23/h2-9,12,18H,10-11H2,1H3,(H2,17,22,23). The molecule has 9 heteroatoms. The van der Waals surface area contributed by atoms with Crippen LogP contribution in [-0.4, -0.2) is 25.1 Å². The van der Waals surface area contributed by atoms with Gasteiger partial charge in [0.1, 0.15) is 10.6 Å². The number of rotatable bonds is 8. The van der Waals surface area contributed by atoms with Crippen molar-refractivity contribution >= 4 is 33.2 Å². The minimum atomic E-state index is -4.06. The Hall–Kier alpha value is -2.10. The summed E-state index contributed by atoms with van der Waals surface area (Å²) in [5, 5.41) is 19.4. The van der Waals surface area contributed by atoms with E-state index < -0.39 is 14.9 Å². The lowest BCUT2D eigenvalue weighted by Crippen LogP contribution is -2.17. The van der Waals surface area contributed by atoms with E-state index in [0.717, 1.165) is 4.90 Å². The molecule has 2 aromatic carbocycles. The Balaban J connectivity index is 2.08. The average molecular weight is 381 g/mol. The molecule has 0 radical (unpaired) electrons. The molecule has 0 bridgehead atoms. The van der Waals surface area contributed by atoms with Crippen molar-refractivity contribution in [2.45, 2.75) is 28.4 Å². The first-order chi connectivity index (χ1) is 11.8. The fourth-order valence-electron chi connectivity index (χ4n) is 2.28. The molecule has 2 rings (SSSR count). The molecule has 0 saturated carbocycles. The van der Waals surface area contributed by atoms with Gasteiger partial charge in [-0.2, -0.15) is 0 Å². The fraction of sp³-hybridized carbons (Fsp3) is 0.250. The number of para-hydroxylation sites is 1. The van der Waals surface area contributed by atoms with Crippen LogP contribution in [0.15, 0.2) is 58.3 Å². The molecule has 3 N–H and O–H groups in total. The second kappa shape index (κ2) is 8.32. The summed E-state index contributed by atoms with van der Waals surface area (Å²) >= 11 is 1.68. The topological polar surface area (TPSA) is 115 Å². The molecule has 1 unspecified atom stereocenters. The highest BCUT2D eigenvalue weighted by atomic mass is 32.2. The highest BCUT2D eigenvalue weighted by Gasteiger charge is 2.23. The summed E-state index contributed by atoms with van der Waals surface area (Å²) in [5.41, 5.74) is -0.373. The molecular weight excluding hydrogens is 362 g/mol. The first-order valence-corrected chi connectivity index (χ1v) is 9.97. The second-order valence-corrected chi connectivity index (χ2v) is 8.45. The Labute approximate surface area is 150 Å². The van der Waals surface area contributed by atoms with Gasteiger partial charge in [-0.3, -0.25) is 10.1 Å². The van der Waals surface area contributed by atoms with Crippen LogP contribution in [0.3, 0.4) is 0 Å². The summed E-state index contributed by atoms with van der Waals surface area (Å²) in [6.45, 7) is 2.42.